The first-order chi connectivity index (χ1) is 8.59. The van der Waals surface area contributed by atoms with Crippen molar-refractivity contribution in [3.63, 3.8) is 0 Å². The first-order valence-electron chi connectivity index (χ1n) is 6.49. The molecule has 1 saturated heterocycles. The van der Waals surface area contributed by atoms with Crippen LogP contribution in [0, 0.1) is 0 Å². The Balaban J connectivity index is 1.80. The van der Waals surface area contributed by atoms with Crippen LogP contribution in [0.25, 0.3) is 0 Å². The maximum absolute atomic E-state index is 5.88. The fraction of sp³-hybridized carbons (Fsp3) is 0.643. The third-order valence-corrected chi connectivity index (χ3v) is 3.15. The van der Waals surface area contributed by atoms with Gasteiger partial charge in [-0.2, -0.15) is 0 Å². The zero-order valence-electron chi connectivity index (χ0n) is 11.4. The van der Waals surface area contributed by atoms with E-state index in [1.165, 1.54) is 0 Å². The maximum Gasteiger partial charge on any atom is 0.137 e. The summed E-state index contributed by atoms with van der Waals surface area (Å²) in [5.41, 5.74) is 1.02. The lowest BCUT2D eigenvalue weighted by Gasteiger charge is -2.19. The molecule has 1 unspecified atom stereocenters. The van der Waals surface area contributed by atoms with Crippen molar-refractivity contribution < 1.29 is 9.47 Å². The lowest BCUT2D eigenvalue weighted by atomic mass is 10.1. The number of hydrogen-bond donors (Lipinski definition) is 1. The minimum Gasteiger partial charge on any atom is -0.489 e. The van der Waals surface area contributed by atoms with Gasteiger partial charge in [0.15, 0.2) is 0 Å². The van der Waals surface area contributed by atoms with Crippen LogP contribution < -0.4 is 10.1 Å². The molecule has 1 N–H and O–H groups in total. The van der Waals surface area contributed by atoms with Crippen molar-refractivity contribution in [2.45, 2.75) is 44.9 Å². The van der Waals surface area contributed by atoms with Gasteiger partial charge in [-0.05, 0) is 45.9 Å². The van der Waals surface area contributed by atoms with E-state index in [0.717, 1.165) is 30.8 Å². The number of nitrogens with one attached hydrogen (secondary N) is 1. The highest BCUT2D eigenvalue weighted by molar-refractivity contribution is 5.19. The third kappa shape index (κ3) is 3.68. The first kappa shape index (κ1) is 13.3. The minimum absolute atomic E-state index is 0.00291. The van der Waals surface area contributed by atoms with E-state index in [2.05, 4.69) is 24.1 Å². The highest BCUT2D eigenvalue weighted by Crippen LogP contribution is 2.29. The molecule has 4 nitrogen and oxygen atoms in total. The van der Waals surface area contributed by atoms with E-state index in [4.69, 9.17) is 9.47 Å². The zero-order chi connectivity index (χ0) is 13.0. The Kier molecular flexibility index (Phi) is 4.19. The molecule has 18 heavy (non-hydrogen) atoms. The van der Waals surface area contributed by atoms with Gasteiger partial charge < -0.3 is 14.8 Å². The van der Waals surface area contributed by atoms with Gasteiger partial charge in [-0.15, -0.1) is 0 Å². The predicted octanol–water partition coefficient (Wildman–Crippen LogP) is 2.14. The van der Waals surface area contributed by atoms with Crippen LogP contribution in [0.15, 0.2) is 18.3 Å². The first-order valence-corrected chi connectivity index (χ1v) is 6.49. The average Bonchev–Trinajstić information content (AvgIpc) is 2.69. The molecule has 0 saturated carbocycles. The Morgan fingerprint density at radius 1 is 1.50 bits per heavy atom. The number of ether oxygens (including phenoxy) is 2. The van der Waals surface area contributed by atoms with Crippen molar-refractivity contribution in [2.75, 3.05) is 13.7 Å². The number of aromatic nitrogens is 1. The molecule has 0 aromatic carbocycles. The lowest BCUT2D eigenvalue weighted by Crippen LogP contribution is -2.23. The molecule has 0 aliphatic carbocycles. The minimum atomic E-state index is 0.00291. The Hall–Kier alpha value is -1.13. The van der Waals surface area contributed by atoms with Crippen molar-refractivity contribution in [3.8, 4) is 5.75 Å². The summed E-state index contributed by atoms with van der Waals surface area (Å²) >= 11 is 0. The molecule has 1 aromatic heterocycles. The molecule has 1 fully saturated rings. The van der Waals surface area contributed by atoms with Crippen LogP contribution >= 0.6 is 0 Å². The van der Waals surface area contributed by atoms with Gasteiger partial charge >= 0.3 is 0 Å². The van der Waals surface area contributed by atoms with Crippen molar-refractivity contribution in [3.05, 3.63) is 24.0 Å². The summed E-state index contributed by atoms with van der Waals surface area (Å²) < 4.78 is 11.6. The highest BCUT2D eigenvalue weighted by atomic mass is 16.6. The number of hydrogen-bond acceptors (Lipinski definition) is 4. The van der Waals surface area contributed by atoms with Crippen LogP contribution in [0.5, 0.6) is 5.75 Å². The van der Waals surface area contributed by atoms with Gasteiger partial charge in [0, 0.05) is 6.54 Å². The predicted molar refractivity (Wildman–Crippen MR) is 70.7 cm³/mol. The molecule has 0 bridgehead atoms. The van der Waals surface area contributed by atoms with Crippen LogP contribution in [-0.2, 0) is 11.3 Å². The summed E-state index contributed by atoms with van der Waals surface area (Å²) in [5, 5.41) is 3.07. The molecule has 1 aliphatic heterocycles. The summed E-state index contributed by atoms with van der Waals surface area (Å²) in [7, 11) is 1.91. The van der Waals surface area contributed by atoms with Crippen molar-refractivity contribution in [1.29, 1.82) is 0 Å². The van der Waals surface area contributed by atoms with Crippen molar-refractivity contribution in [1.82, 2.24) is 10.3 Å². The van der Waals surface area contributed by atoms with Crippen LogP contribution in [0.1, 0.15) is 32.4 Å². The van der Waals surface area contributed by atoms with E-state index in [1.54, 1.807) is 6.20 Å². The monoisotopic (exact) mass is 250 g/mol. The summed E-state index contributed by atoms with van der Waals surface area (Å²) in [4.78, 5) is 4.31. The van der Waals surface area contributed by atoms with Gasteiger partial charge in [0.05, 0.1) is 23.6 Å². The molecule has 2 rings (SSSR count). The van der Waals surface area contributed by atoms with Crippen LogP contribution in [0.3, 0.4) is 0 Å². The summed E-state index contributed by atoms with van der Waals surface area (Å²) in [6, 6.07) is 3.94. The molecular formula is C14H22N2O2. The second-order valence-corrected chi connectivity index (χ2v) is 5.36. The van der Waals surface area contributed by atoms with Crippen molar-refractivity contribution >= 4 is 0 Å². The van der Waals surface area contributed by atoms with Gasteiger partial charge in [0.25, 0.3) is 0 Å². The summed E-state index contributed by atoms with van der Waals surface area (Å²) in [5.74, 6) is 0.808. The zero-order valence-corrected chi connectivity index (χ0v) is 11.4. The van der Waals surface area contributed by atoms with E-state index >= 15 is 0 Å². The van der Waals surface area contributed by atoms with Crippen LogP contribution in [-0.4, -0.2) is 30.3 Å². The van der Waals surface area contributed by atoms with Crippen molar-refractivity contribution in [2.24, 2.45) is 0 Å². The molecule has 1 aliphatic rings. The quantitative estimate of drug-likeness (QED) is 0.869. The van der Waals surface area contributed by atoms with Gasteiger partial charge in [-0.25, -0.2) is 0 Å². The van der Waals surface area contributed by atoms with E-state index < -0.39 is 0 Å². The molecular weight excluding hydrogens is 228 g/mol. The summed E-state index contributed by atoms with van der Waals surface area (Å²) in [6.45, 7) is 5.64. The third-order valence-electron chi connectivity index (χ3n) is 3.15. The second kappa shape index (κ2) is 5.67. The van der Waals surface area contributed by atoms with E-state index in [0.29, 0.717) is 6.61 Å². The second-order valence-electron chi connectivity index (χ2n) is 5.36. The highest BCUT2D eigenvalue weighted by Gasteiger charge is 2.31. The number of rotatable bonds is 5. The summed E-state index contributed by atoms with van der Waals surface area (Å²) in [6.07, 6.45) is 4.14. The molecule has 1 aromatic rings. The Morgan fingerprint density at radius 3 is 2.89 bits per heavy atom. The molecule has 4 heteroatoms. The maximum atomic E-state index is 5.88. The Labute approximate surface area is 109 Å². The molecule has 0 spiro atoms. The largest absolute Gasteiger partial charge is 0.489 e. The lowest BCUT2D eigenvalue weighted by molar-refractivity contribution is -0.0326. The number of nitrogens with zero attached hydrogens (tertiary/aromatic N) is 1. The Morgan fingerprint density at radius 2 is 2.33 bits per heavy atom. The fourth-order valence-electron chi connectivity index (χ4n) is 2.17. The Bertz CT molecular complexity index is 376. The molecule has 0 amide bonds. The SMILES string of the molecule is CNCc1ccc(OCC2CCC(C)(C)O2)cn1. The molecule has 2 heterocycles. The smallest absolute Gasteiger partial charge is 0.137 e. The van der Waals surface area contributed by atoms with Crippen LogP contribution in [0.2, 0.25) is 0 Å². The standard InChI is InChI=1S/C14H22N2O2/c1-14(2)7-6-13(18-14)10-17-12-5-4-11(8-15-3)16-9-12/h4-5,9,13,15H,6-8,10H2,1-3H3. The molecule has 0 radical (unpaired) electrons. The van der Waals surface area contributed by atoms with E-state index in [1.807, 2.05) is 19.2 Å². The topological polar surface area (TPSA) is 43.4 Å². The van der Waals surface area contributed by atoms with Gasteiger partial charge in [-0.1, -0.05) is 0 Å². The van der Waals surface area contributed by atoms with Gasteiger partial charge in [0.2, 0.25) is 0 Å². The van der Waals surface area contributed by atoms with Crippen LogP contribution in [0.4, 0.5) is 0 Å². The molecule has 100 valence electrons. The van der Waals surface area contributed by atoms with Gasteiger partial charge in [0.1, 0.15) is 12.4 Å². The van der Waals surface area contributed by atoms with E-state index in [9.17, 15) is 0 Å². The fourth-order valence-corrected chi connectivity index (χ4v) is 2.17. The van der Waals surface area contributed by atoms with Gasteiger partial charge in [-0.3, -0.25) is 4.98 Å². The number of pyridine rings is 1. The average molecular weight is 250 g/mol. The normalized spacial score (nSPS) is 22.1. The molecule has 1 atom stereocenters. The van der Waals surface area contributed by atoms with E-state index in [-0.39, 0.29) is 11.7 Å².